The number of hydrogen-bond donors (Lipinski definition) is 0. The fourth-order valence-corrected chi connectivity index (χ4v) is 0.633. The lowest BCUT2D eigenvalue weighted by molar-refractivity contribution is 0.160. The molecule has 0 aromatic carbocycles. The second kappa shape index (κ2) is 3.27. The molecule has 60 valence electrons. The highest BCUT2D eigenvalue weighted by Gasteiger charge is 2.08. The molecule has 1 rings (SSSR count). The number of allylic oxidation sites excluding steroid dienone is 1. The van der Waals surface area contributed by atoms with Crippen LogP contribution in [0.1, 0.15) is 0 Å². The van der Waals surface area contributed by atoms with E-state index in [1.54, 1.807) is 12.1 Å². The monoisotopic (exact) mass is 161 g/mol. The molecule has 0 fully saturated rings. The first-order valence-electron chi connectivity index (χ1n) is 2.98. The Morgan fingerprint density at radius 2 is 1.82 bits per heavy atom. The van der Waals surface area contributed by atoms with E-state index in [-0.39, 0.29) is 0 Å². The van der Waals surface area contributed by atoms with E-state index in [0.29, 0.717) is 0 Å². The van der Waals surface area contributed by atoms with Gasteiger partial charge >= 0.3 is 0 Å². The van der Waals surface area contributed by atoms with Crippen LogP contribution in [0, 0.1) is 0 Å². The van der Waals surface area contributed by atoms with Crippen molar-refractivity contribution in [1.82, 2.24) is 4.57 Å². The van der Waals surface area contributed by atoms with Gasteiger partial charge in [-0.3, -0.25) is 0 Å². The maximum Gasteiger partial charge on any atom is 0.290 e. The van der Waals surface area contributed by atoms with Crippen LogP contribution in [-0.4, -0.2) is 11.0 Å². The fraction of sp³-hybridized carbons (Fsp3) is 0.143. The largest absolute Gasteiger partial charge is 0.328 e. The zero-order chi connectivity index (χ0) is 8.27. The van der Waals surface area contributed by atoms with Gasteiger partial charge in [0.25, 0.3) is 6.43 Å². The first kappa shape index (κ1) is 7.91. The summed E-state index contributed by atoms with van der Waals surface area (Å²) >= 11 is 0. The lowest BCUT2D eigenvalue weighted by Crippen LogP contribution is -1.92. The summed E-state index contributed by atoms with van der Waals surface area (Å²) in [6.07, 6.45) is 0.659. The van der Waals surface area contributed by atoms with Crippen molar-refractivity contribution in [3.63, 3.8) is 0 Å². The van der Waals surface area contributed by atoms with Crippen LogP contribution in [0.5, 0.6) is 0 Å². The van der Waals surface area contributed by atoms with E-state index in [2.05, 4.69) is 0 Å². The molecule has 0 saturated carbocycles. The summed E-state index contributed by atoms with van der Waals surface area (Å²) in [6.45, 7) is 0. The molecule has 1 aromatic heterocycles. The standard InChI is InChI=1S/C7H6F3N/c8-6(7(9)10)5-11-3-1-2-4-11/h1-5,7H. The molecule has 0 radical (unpaired) electrons. The number of alkyl halides is 2. The molecule has 4 heteroatoms. The van der Waals surface area contributed by atoms with Gasteiger partial charge in [0.15, 0.2) is 5.83 Å². The second-order valence-corrected chi connectivity index (χ2v) is 1.94. The molecule has 0 unspecified atom stereocenters. The first-order chi connectivity index (χ1) is 5.20. The van der Waals surface area contributed by atoms with Crippen molar-refractivity contribution in [1.29, 1.82) is 0 Å². The Bertz CT molecular complexity index is 238. The third-order valence-corrected chi connectivity index (χ3v) is 1.11. The summed E-state index contributed by atoms with van der Waals surface area (Å²) in [5, 5.41) is 0. The van der Waals surface area contributed by atoms with Crippen molar-refractivity contribution in [3.8, 4) is 0 Å². The molecule has 1 aromatic rings. The molecule has 0 aliphatic rings. The van der Waals surface area contributed by atoms with Gasteiger partial charge in [0.2, 0.25) is 0 Å². The highest BCUT2D eigenvalue weighted by molar-refractivity contribution is 5.28. The summed E-state index contributed by atoms with van der Waals surface area (Å²) in [7, 11) is 0. The zero-order valence-corrected chi connectivity index (χ0v) is 5.55. The molecule has 0 N–H and O–H groups in total. The Morgan fingerprint density at radius 3 is 2.27 bits per heavy atom. The average Bonchev–Trinajstić information content (AvgIpc) is 2.39. The maximum atomic E-state index is 12.2. The van der Waals surface area contributed by atoms with Gasteiger partial charge in [0.05, 0.1) is 0 Å². The Kier molecular flexibility index (Phi) is 2.36. The Hall–Kier alpha value is -1.19. The second-order valence-electron chi connectivity index (χ2n) is 1.94. The van der Waals surface area contributed by atoms with Crippen LogP contribution < -0.4 is 0 Å². The van der Waals surface area contributed by atoms with E-state index in [1.165, 1.54) is 17.0 Å². The van der Waals surface area contributed by atoms with Crippen LogP contribution in [-0.2, 0) is 0 Å². The quantitative estimate of drug-likeness (QED) is 0.628. The molecule has 0 saturated heterocycles. The van der Waals surface area contributed by atoms with E-state index in [9.17, 15) is 13.2 Å². The molecular weight excluding hydrogens is 155 g/mol. The summed E-state index contributed by atoms with van der Waals surface area (Å²) in [5.41, 5.74) is 0. The third kappa shape index (κ3) is 2.14. The van der Waals surface area contributed by atoms with Gasteiger partial charge in [0, 0.05) is 18.6 Å². The normalized spacial score (nSPS) is 12.5. The lowest BCUT2D eigenvalue weighted by Gasteiger charge is -1.94. The van der Waals surface area contributed by atoms with Crippen LogP contribution in [0.4, 0.5) is 13.2 Å². The van der Waals surface area contributed by atoms with E-state index >= 15 is 0 Å². The zero-order valence-electron chi connectivity index (χ0n) is 5.55. The van der Waals surface area contributed by atoms with Crippen LogP contribution in [0.25, 0.3) is 6.20 Å². The smallest absolute Gasteiger partial charge is 0.290 e. The van der Waals surface area contributed by atoms with E-state index in [0.717, 1.165) is 6.20 Å². The van der Waals surface area contributed by atoms with E-state index in [4.69, 9.17) is 0 Å². The van der Waals surface area contributed by atoms with Crippen molar-refractivity contribution in [2.24, 2.45) is 0 Å². The maximum absolute atomic E-state index is 12.2. The number of rotatable bonds is 2. The van der Waals surface area contributed by atoms with Gasteiger partial charge in [-0.15, -0.1) is 0 Å². The van der Waals surface area contributed by atoms with Crippen LogP contribution >= 0.6 is 0 Å². The fourth-order valence-electron chi connectivity index (χ4n) is 0.633. The average molecular weight is 161 g/mol. The number of hydrogen-bond acceptors (Lipinski definition) is 0. The van der Waals surface area contributed by atoms with Crippen molar-refractivity contribution >= 4 is 6.20 Å². The molecule has 0 aliphatic heterocycles. The van der Waals surface area contributed by atoms with E-state index < -0.39 is 12.3 Å². The number of aromatic nitrogens is 1. The number of halogens is 3. The minimum atomic E-state index is -3.03. The van der Waals surface area contributed by atoms with Gasteiger partial charge in [-0.25, -0.2) is 13.2 Å². The van der Waals surface area contributed by atoms with Gasteiger partial charge < -0.3 is 4.57 Å². The molecule has 0 spiro atoms. The van der Waals surface area contributed by atoms with Gasteiger partial charge in [-0.05, 0) is 12.1 Å². The molecule has 0 bridgehead atoms. The molecule has 11 heavy (non-hydrogen) atoms. The van der Waals surface area contributed by atoms with Crippen molar-refractivity contribution < 1.29 is 13.2 Å². The van der Waals surface area contributed by atoms with Gasteiger partial charge in [-0.2, -0.15) is 0 Å². The third-order valence-electron chi connectivity index (χ3n) is 1.11. The minimum Gasteiger partial charge on any atom is -0.328 e. The molecule has 0 atom stereocenters. The van der Waals surface area contributed by atoms with Crippen LogP contribution in [0.2, 0.25) is 0 Å². The highest BCUT2D eigenvalue weighted by Crippen LogP contribution is 2.10. The first-order valence-corrected chi connectivity index (χ1v) is 2.98. The summed E-state index contributed by atoms with van der Waals surface area (Å²) < 4.78 is 36.5. The molecule has 1 nitrogen and oxygen atoms in total. The van der Waals surface area contributed by atoms with Crippen LogP contribution in [0.3, 0.4) is 0 Å². The minimum absolute atomic E-state index is 0.741. The van der Waals surface area contributed by atoms with Gasteiger partial charge in [0.1, 0.15) is 0 Å². The Labute approximate surface area is 61.8 Å². The predicted molar refractivity (Wildman–Crippen MR) is 35.8 cm³/mol. The Morgan fingerprint density at radius 1 is 1.27 bits per heavy atom. The lowest BCUT2D eigenvalue weighted by atomic mass is 10.6. The SMILES string of the molecule is FC(=Cn1cccc1)C(F)F. The molecule has 1 heterocycles. The molecular formula is C7H6F3N. The van der Waals surface area contributed by atoms with Crippen molar-refractivity contribution in [2.75, 3.05) is 0 Å². The van der Waals surface area contributed by atoms with Crippen molar-refractivity contribution in [3.05, 3.63) is 30.4 Å². The Balaban J connectivity index is 2.74. The van der Waals surface area contributed by atoms with Crippen LogP contribution in [0.15, 0.2) is 30.4 Å². The summed E-state index contributed by atoms with van der Waals surface area (Å²) in [4.78, 5) is 0. The molecule has 0 aliphatic carbocycles. The predicted octanol–water partition coefficient (Wildman–Crippen LogP) is 2.52. The number of nitrogens with zero attached hydrogens (tertiary/aromatic N) is 1. The summed E-state index contributed by atoms with van der Waals surface area (Å²) in [5.74, 6) is -1.43. The van der Waals surface area contributed by atoms with Crippen molar-refractivity contribution in [2.45, 2.75) is 6.43 Å². The van der Waals surface area contributed by atoms with E-state index in [1.807, 2.05) is 0 Å². The highest BCUT2D eigenvalue weighted by atomic mass is 19.3. The topological polar surface area (TPSA) is 4.93 Å². The van der Waals surface area contributed by atoms with Gasteiger partial charge in [-0.1, -0.05) is 0 Å². The molecule has 0 amide bonds. The summed E-state index contributed by atoms with van der Waals surface area (Å²) in [6, 6.07) is 3.24.